The summed E-state index contributed by atoms with van der Waals surface area (Å²) in [4.78, 5) is 42.1. The van der Waals surface area contributed by atoms with Crippen LogP contribution in [0.1, 0.15) is 76.1 Å². The maximum Gasteiger partial charge on any atom is 0.246 e. The van der Waals surface area contributed by atoms with Crippen molar-refractivity contribution in [1.29, 1.82) is 0 Å². The van der Waals surface area contributed by atoms with Crippen LogP contribution in [0.2, 0.25) is 0 Å². The third-order valence-electron chi connectivity index (χ3n) is 7.77. The van der Waals surface area contributed by atoms with Crippen molar-refractivity contribution in [2.45, 2.75) is 90.5 Å². The van der Waals surface area contributed by atoms with Crippen LogP contribution in [-0.4, -0.2) is 47.3 Å². The third kappa shape index (κ3) is 6.62. The maximum atomic E-state index is 13.8. The average Bonchev–Trinajstić information content (AvgIpc) is 3.40. The molecule has 7 nitrogen and oxygen atoms in total. The molecular weight excluding hydrogens is 476 g/mol. The van der Waals surface area contributed by atoms with Crippen molar-refractivity contribution in [3.05, 3.63) is 71.3 Å². The molecule has 0 saturated carbocycles. The van der Waals surface area contributed by atoms with Gasteiger partial charge >= 0.3 is 0 Å². The van der Waals surface area contributed by atoms with Crippen LogP contribution in [0.15, 0.2) is 54.6 Å². The predicted molar refractivity (Wildman–Crippen MR) is 149 cm³/mol. The molecule has 38 heavy (non-hydrogen) atoms. The Balaban J connectivity index is 1.41. The van der Waals surface area contributed by atoms with Crippen LogP contribution in [0, 0.1) is 5.41 Å². The number of amides is 3. The lowest BCUT2D eigenvalue weighted by Gasteiger charge is -2.36. The maximum absolute atomic E-state index is 13.8. The Kier molecular flexibility index (Phi) is 8.87. The smallest absolute Gasteiger partial charge is 0.246 e. The van der Waals surface area contributed by atoms with Crippen molar-refractivity contribution in [2.75, 3.05) is 6.54 Å². The number of nitrogens with zero attached hydrogens (tertiary/aromatic N) is 1. The highest BCUT2D eigenvalue weighted by Gasteiger charge is 2.42. The Morgan fingerprint density at radius 3 is 2.42 bits per heavy atom. The van der Waals surface area contributed by atoms with Gasteiger partial charge in [0, 0.05) is 13.1 Å². The van der Waals surface area contributed by atoms with Gasteiger partial charge in [-0.2, -0.15) is 0 Å². The van der Waals surface area contributed by atoms with Gasteiger partial charge in [-0.1, -0.05) is 75.4 Å². The second-order valence-corrected chi connectivity index (χ2v) is 11.7. The highest BCUT2D eigenvalue weighted by Crippen LogP contribution is 2.31. The van der Waals surface area contributed by atoms with Gasteiger partial charge in [0.15, 0.2) is 0 Å². The van der Waals surface area contributed by atoms with Crippen molar-refractivity contribution in [3.8, 4) is 0 Å². The fourth-order valence-electron chi connectivity index (χ4n) is 5.52. The summed E-state index contributed by atoms with van der Waals surface area (Å²) in [6, 6.07) is 16.4. The van der Waals surface area contributed by atoms with E-state index in [0.717, 1.165) is 31.2 Å². The van der Waals surface area contributed by atoms with Gasteiger partial charge in [-0.3, -0.25) is 14.4 Å². The van der Waals surface area contributed by atoms with E-state index in [1.807, 2.05) is 63.2 Å². The van der Waals surface area contributed by atoms with E-state index in [9.17, 15) is 14.4 Å². The third-order valence-corrected chi connectivity index (χ3v) is 7.77. The SMILES string of the molecule is CC(NCc1ccccc1)C(=O)NC(C(=O)N1CCCC1C(=O)NC1CCCc2ccccc21)C(C)(C)C. The van der Waals surface area contributed by atoms with Gasteiger partial charge in [-0.05, 0) is 61.1 Å². The molecule has 2 aromatic carbocycles. The summed E-state index contributed by atoms with van der Waals surface area (Å²) < 4.78 is 0. The van der Waals surface area contributed by atoms with Gasteiger partial charge in [0.2, 0.25) is 17.7 Å². The quantitative estimate of drug-likeness (QED) is 0.495. The highest BCUT2D eigenvalue weighted by atomic mass is 16.2. The van der Waals surface area contributed by atoms with Crippen LogP contribution in [-0.2, 0) is 27.3 Å². The Morgan fingerprint density at radius 2 is 1.68 bits per heavy atom. The minimum absolute atomic E-state index is 0.0281. The van der Waals surface area contributed by atoms with E-state index >= 15 is 0 Å². The lowest BCUT2D eigenvalue weighted by molar-refractivity contribution is -0.144. The molecule has 1 heterocycles. The topological polar surface area (TPSA) is 90.5 Å². The fraction of sp³-hybridized carbons (Fsp3) is 0.516. The van der Waals surface area contributed by atoms with Crippen LogP contribution in [0.3, 0.4) is 0 Å². The van der Waals surface area contributed by atoms with E-state index in [4.69, 9.17) is 0 Å². The summed E-state index contributed by atoms with van der Waals surface area (Å²) in [7, 11) is 0. The first-order chi connectivity index (χ1) is 18.1. The Labute approximate surface area is 226 Å². The summed E-state index contributed by atoms with van der Waals surface area (Å²) >= 11 is 0. The van der Waals surface area contributed by atoms with Crippen molar-refractivity contribution in [3.63, 3.8) is 0 Å². The van der Waals surface area contributed by atoms with E-state index in [0.29, 0.717) is 19.5 Å². The van der Waals surface area contributed by atoms with Crippen molar-refractivity contribution in [2.24, 2.45) is 5.41 Å². The van der Waals surface area contributed by atoms with E-state index in [-0.39, 0.29) is 23.8 Å². The summed E-state index contributed by atoms with van der Waals surface area (Å²) in [5, 5.41) is 9.48. The Hall–Kier alpha value is -3.19. The molecule has 1 saturated heterocycles. The first kappa shape index (κ1) is 27.8. The first-order valence-corrected chi connectivity index (χ1v) is 13.9. The minimum Gasteiger partial charge on any atom is -0.347 e. The standard InChI is InChI=1S/C31H42N4O3/c1-21(32-20-22-12-6-5-7-13-22)28(36)34-27(31(2,3)4)30(38)35-19-11-18-26(35)29(37)33-25-17-10-15-23-14-8-9-16-24(23)25/h5-9,12-14,16,21,25-27,32H,10-11,15,17-20H2,1-4H3,(H,33,37)(H,34,36). The van der Waals surface area contributed by atoms with Crippen LogP contribution >= 0.6 is 0 Å². The molecule has 3 N–H and O–H groups in total. The van der Waals surface area contributed by atoms with Gasteiger partial charge in [-0.15, -0.1) is 0 Å². The lowest BCUT2D eigenvalue weighted by atomic mass is 9.85. The number of hydrogen-bond donors (Lipinski definition) is 3. The van der Waals surface area contributed by atoms with E-state index in [1.54, 1.807) is 11.8 Å². The fourth-order valence-corrected chi connectivity index (χ4v) is 5.52. The molecular formula is C31H42N4O3. The predicted octanol–water partition coefficient (Wildman–Crippen LogP) is 3.88. The van der Waals surface area contributed by atoms with Crippen LogP contribution in [0.4, 0.5) is 0 Å². The van der Waals surface area contributed by atoms with Crippen LogP contribution in [0.25, 0.3) is 0 Å². The van der Waals surface area contributed by atoms with Crippen molar-refractivity contribution < 1.29 is 14.4 Å². The number of carbonyl (C=O) groups excluding carboxylic acids is 3. The zero-order valence-corrected chi connectivity index (χ0v) is 23.1. The van der Waals surface area contributed by atoms with Gasteiger partial charge in [0.25, 0.3) is 0 Å². The van der Waals surface area contributed by atoms with Crippen molar-refractivity contribution in [1.82, 2.24) is 20.9 Å². The van der Waals surface area contributed by atoms with Gasteiger partial charge in [0.1, 0.15) is 12.1 Å². The molecule has 2 aromatic rings. The molecule has 7 heteroatoms. The molecule has 4 atom stereocenters. The number of hydrogen-bond acceptors (Lipinski definition) is 4. The van der Waals surface area contributed by atoms with E-state index in [1.165, 1.54) is 11.1 Å². The number of likely N-dealkylation sites (tertiary alicyclic amines) is 1. The number of benzene rings is 2. The van der Waals surface area contributed by atoms with Gasteiger partial charge < -0.3 is 20.9 Å². The summed E-state index contributed by atoms with van der Waals surface area (Å²) in [5.41, 5.74) is 3.04. The molecule has 2 aliphatic rings. The van der Waals surface area contributed by atoms with Crippen LogP contribution in [0.5, 0.6) is 0 Å². The number of carbonyl (C=O) groups is 3. The zero-order chi connectivity index (χ0) is 27.3. The average molecular weight is 519 g/mol. The monoisotopic (exact) mass is 518 g/mol. The second-order valence-electron chi connectivity index (χ2n) is 11.7. The first-order valence-electron chi connectivity index (χ1n) is 13.9. The number of aryl methyl sites for hydroxylation is 1. The van der Waals surface area contributed by atoms with Gasteiger partial charge in [-0.25, -0.2) is 0 Å². The second kappa shape index (κ2) is 12.1. The van der Waals surface area contributed by atoms with E-state index < -0.39 is 23.5 Å². The van der Waals surface area contributed by atoms with Crippen molar-refractivity contribution >= 4 is 17.7 Å². The molecule has 204 valence electrons. The number of fused-ring (bicyclic) bond motifs is 1. The Morgan fingerprint density at radius 1 is 0.974 bits per heavy atom. The molecule has 4 unspecified atom stereocenters. The summed E-state index contributed by atoms with van der Waals surface area (Å²) in [6.45, 7) is 8.72. The molecule has 0 aromatic heterocycles. The zero-order valence-electron chi connectivity index (χ0n) is 23.1. The minimum atomic E-state index is -0.736. The molecule has 1 aliphatic carbocycles. The largest absolute Gasteiger partial charge is 0.347 e. The molecule has 1 aliphatic heterocycles. The molecule has 4 rings (SSSR count). The summed E-state index contributed by atoms with van der Waals surface area (Å²) in [6.07, 6.45) is 4.36. The van der Waals surface area contributed by atoms with Gasteiger partial charge in [0.05, 0.1) is 12.1 Å². The number of rotatable bonds is 8. The molecule has 0 radical (unpaired) electrons. The number of nitrogens with one attached hydrogen (secondary N) is 3. The normalized spacial score (nSPS) is 20.8. The highest BCUT2D eigenvalue weighted by molar-refractivity contribution is 5.94. The molecule has 0 bridgehead atoms. The Bertz CT molecular complexity index is 1130. The molecule has 3 amide bonds. The lowest BCUT2D eigenvalue weighted by Crippen LogP contribution is -2.59. The van der Waals surface area contributed by atoms with Crippen LogP contribution < -0.4 is 16.0 Å². The molecule has 0 spiro atoms. The summed E-state index contributed by atoms with van der Waals surface area (Å²) in [5.74, 6) is -0.523. The molecule has 1 fully saturated rings. The van der Waals surface area contributed by atoms with E-state index in [2.05, 4.69) is 28.1 Å².